The molecule has 0 heterocycles. The average molecular weight is 399 g/mol. The highest BCUT2D eigenvalue weighted by atomic mass is 32.2. The van der Waals surface area contributed by atoms with Crippen LogP contribution in [0.5, 0.6) is 5.75 Å². The number of benzene rings is 1. The van der Waals surface area contributed by atoms with Gasteiger partial charge in [0.1, 0.15) is 5.75 Å². The van der Waals surface area contributed by atoms with Crippen LogP contribution in [0.2, 0.25) is 0 Å². The number of unbranched alkanes of at least 4 members (excludes halogenated alkanes) is 6. The van der Waals surface area contributed by atoms with E-state index in [9.17, 15) is 13.0 Å². The molecule has 0 amide bonds. The summed E-state index contributed by atoms with van der Waals surface area (Å²) in [7, 11) is -4.22. The second-order valence-electron chi connectivity index (χ2n) is 7.46. The summed E-state index contributed by atoms with van der Waals surface area (Å²) >= 11 is 0. The highest BCUT2D eigenvalue weighted by Crippen LogP contribution is 2.24. The van der Waals surface area contributed by atoms with Crippen LogP contribution < -0.4 is 4.74 Å². The molecule has 1 aromatic rings. The van der Waals surface area contributed by atoms with Crippen LogP contribution in [0, 0.1) is 0 Å². The van der Waals surface area contributed by atoms with Gasteiger partial charge in [-0.1, -0.05) is 71.8 Å². The fourth-order valence-electron chi connectivity index (χ4n) is 3.25. The van der Waals surface area contributed by atoms with Gasteiger partial charge >= 0.3 is 10.1 Å². The molecule has 0 radical (unpaired) electrons. The number of ether oxygens (including phenoxy) is 1. The monoisotopic (exact) mass is 398 g/mol. The van der Waals surface area contributed by atoms with Gasteiger partial charge in [0.05, 0.1) is 0 Å². The lowest BCUT2D eigenvalue weighted by Crippen LogP contribution is -2.26. The normalized spacial score (nSPS) is 12.9. The minimum atomic E-state index is -4.22. The molecule has 4 nitrogen and oxygen atoms in total. The Bertz CT molecular complexity index is 595. The summed E-state index contributed by atoms with van der Waals surface area (Å²) in [6.45, 7) is 6.28. The van der Waals surface area contributed by atoms with Crippen molar-refractivity contribution in [2.45, 2.75) is 103 Å². The lowest BCUT2D eigenvalue weighted by atomic mass is 10.00. The zero-order valence-corrected chi connectivity index (χ0v) is 18.2. The summed E-state index contributed by atoms with van der Waals surface area (Å²) in [4.78, 5) is 0. The molecule has 0 fully saturated rings. The van der Waals surface area contributed by atoms with Gasteiger partial charge in [-0.15, -0.1) is 0 Å². The molecule has 0 aliphatic rings. The summed E-state index contributed by atoms with van der Waals surface area (Å²) in [6.07, 6.45) is 12.4. The Morgan fingerprint density at radius 2 is 1.33 bits per heavy atom. The predicted molar refractivity (Wildman–Crippen MR) is 113 cm³/mol. The van der Waals surface area contributed by atoms with Gasteiger partial charge in [0.15, 0.2) is 0 Å². The molecule has 0 bridgehead atoms. The number of hydrogen-bond acceptors (Lipinski definition) is 3. The molecule has 0 aromatic heterocycles. The molecule has 1 atom stereocenters. The maximum atomic E-state index is 11.6. The van der Waals surface area contributed by atoms with E-state index in [1.807, 2.05) is 19.1 Å². The van der Waals surface area contributed by atoms with Crippen LogP contribution in [0.15, 0.2) is 18.2 Å². The molecule has 1 unspecified atom stereocenters. The largest absolute Gasteiger partial charge is 0.472 e. The van der Waals surface area contributed by atoms with Crippen molar-refractivity contribution in [1.29, 1.82) is 0 Å². The van der Waals surface area contributed by atoms with Crippen molar-refractivity contribution in [2.75, 3.05) is 0 Å². The third-order valence-corrected chi connectivity index (χ3v) is 5.78. The van der Waals surface area contributed by atoms with Gasteiger partial charge in [-0.25, -0.2) is 0 Å². The van der Waals surface area contributed by atoms with Gasteiger partial charge in [-0.05, 0) is 48.9 Å². The maximum absolute atomic E-state index is 11.6. The summed E-state index contributed by atoms with van der Waals surface area (Å²) in [5, 5.41) is 0. The smallest absolute Gasteiger partial charge is 0.303 e. The van der Waals surface area contributed by atoms with Gasteiger partial charge in [-0.3, -0.25) is 4.55 Å². The van der Waals surface area contributed by atoms with Crippen LogP contribution in [0.4, 0.5) is 0 Å². The van der Waals surface area contributed by atoms with Crippen molar-refractivity contribution in [3.8, 4) is 5.75 Å². The molecule has 0 saturated carbocycles. The Balaban J connectivity index is 2.91. The van der Waals surface area contributed by atoms with Crippen LogP contribution in [0.25, 0.3) is 0 Å². The minimum absolute atomic E-state index is 0.283. The third-order valence-electron chi connectivity index (χ3n) is 4.79. The summed E-state index contributed by atoms with van der Waals surface area (Å²) in [5.41, 5.74) is 1.20. The van der Waals surface area contributed by atoms with Crippen LogP contribution in [0.3, 0.4) is 0 Å². The summed E-state index contributed by atoms with van der Waals surface area (Å²) in [6, 6.07) is 6.11. The van der Waals surface area contributed by atoms with Crippen molar-refractivity contribution < 1.29 is 17.7 Å². The molecule has 27 heavy (non-hydrogen) atoms. The fraction of sp³-hybridized carbons (Fsp3) is 0.727. The van der Waals surface area contributed by atoms with E-state index < -0.39 is 15.6 Å². The lowest BCUT2D eigenvalue weighted by Gasteiger charge is -2.17. The Morgan fingerprint density at radius 3 is 1.74 bits per heavy atom. The average Bonchev–Trinajstić information content (AvgIpc) is 2.61. The van der Waals surface area contributed by atoms with Gasteiger partial charge in [0, 0.05) is 6.42 Å². The zero-order valence-electron chi connectivity index (χ0n) is 17.4. The van der Waals surface area contributed by atoms with E-state index in [0.29, 0.717) is 12.2 Å². The SMILES string of the molecule is CCCCCCc1cc(CCCCCC)cc(OC(CCC)S(=O)(=O)O)c1. The van der Waals surface area contributed by atoms with E-state index in [1.54, 1.807) is 0 Å². The quantitative estimate of drug-likeness (QED) is 0.277. The van der Waals surface area contributed by atoms with Crippen molar-refractivity contribution in [1.82, 2.24) is 0 Å². The Kier molecular flexibility index (Phi) is 11.7. The molecule has 0 aliphatic heterocycles. The first-order chi connectivity index (χ1) is 12.9. The number of hydrogen-bond donors (Lipinski definition) is 1. The zero-order chi connectivity index (χ0) is 20.1. The first-order valence-corrected chi connectivity index (χ1v) is 12.2. The van der Waals surface area contributed by atoms with Crippen LogP contribution in [-0.4, -0.2) is 18.4 Å². The number of rotatable bonds is 15. The molecule has 1 aromatic carbocycles. The minimum Gasteiger partial charge on any atom is -0.472 e. The van der Waals surface area contributed by atoms with E-state index >= 15 is 0 Å². The fourth-order valence-corrected chi connectivity index (χ4v) is 4.02. The highest BCUT2D eigenvalue weighted by molar-refractivity contribution is 7.86. The van der Waals surface area contributed by atoms with Gasteiger partial charge < -0.3 is 4.74 Å². The van der Waals surface area contributed by atoms with E-state index in [2.05, 4.69) is 19.9 Å². The van der Waals surface area contributed by atoms with Crippen molar-refractivity contribution in [3.05, 3.63) is 29.3 Å². The second kappa shape index (κ2) is 13.2. The molecule has 0 saturated heterocycles. The van der Waals surface area contributed by atoms with Crippen molar-refractivity contribution in [3.63, 3.8) is 0 Å². The molecule has 156 valence electrons. The molecule has 1 N–H and O–H groups in total. The van der Waals surface area contributed by atoms with Crippen LogP contribution >= 0.6 is 0 Å². The molecule has 0 spiro atoms. The third kappa shape index (κ3) is 10.2. The van der Waals surface area contributed by atoms with E-state index in [4.69, 9.17) is 4.74 Å². The number of aryl methyl sites for hydroxylation is 2. The van der Waals surface area contributed by atoms with E-state index in [-0.39, 0.29) is 6.42 Å². The van der Waals surface area contributed by atoms with Gasteiger partial charge in [0.25, 0.3) is 0 Å². The molecule has 1 rings (SSSR count). The summed E-state index contributed by atoms with van der Waals surface area (Å²) in [5.74, 6) is 0.560. The standard InChI is InChI=1S/C22H38O4S/c1-4-7-9-11-14-19-16-20(15-12-10-8-5-2)18-21(17-19)26-22(13-6-3)27(23,24)25/h16-18,22H,4-15H2,1-3H3,(H,23,24,25). The Hall–Kier alpha value is -1.07. The van der Waals surface area contributed by atoms with Crippen LogP contribution in [-0.2, 0) is 23.0 Å². The van der Waals surface area contributed by atoms with Crippen molar-refractivity contribution in [2.24, 2.45) is 0 Å². The Labute approximate surface area is 166 Å². The first-order valence-electron chi connectivity index (χ1n) is 10.7. The molecule has 0 aliphatic carbocycles. The Morgan fingerprint density at radius 1 is 0.815 bits per heavy atom. The lowest BCUT2D eigenvalue weighted by molar-refractivity contribution is 0.245. The van der Waals surface area contributed by atoms with E-state index in [1.165, 1.54) is 49.7 Å². The highest BCUT2D eigenvalue weighted by Gasteiger charge is 2.24. The summed E-state index contributed by atoms with van der Waals surface area (Å²) < 4.78 is 38.4. The topological polar surface area (TPSA) is 63.6 Å². The van der Waals surface area contributed by atoms with Crippen LogP contribution in [0.1, 0.15) is 96.1 Å². The predicted octanol–water partition coefficient (Wildman–Crippen LogP) is 6.33. The molecular formula is C22H38O4S. The van der Waals surface area contributed by atoms with Gasteiger partial charge in [0.2, 0.25) is 5.44 Å². The first kappa shape index (κ1) is 24.0. The molecule has 5 heteroatoms. The van der Waals surface area contributed by atoms with Crippen molar-refractivity contribution >= 4 is 10.1 Å². The second-order valence-corrected chi connectivity index (χ2v) is 9.01. The maximum Gasteiger partial charge on any atom is 0.303 e. The molecular weight excluding hydrogens is 360 g/mol. The van der Waals surface area contributed by atoms with E-state index in [0.717, 1.165) is 25.7 Å². The van der Waals surface area contributed by atoms with Gasteiger partial charge in [-0.2, -0.15) is 8.42 Å².